The molecular weight excluding hydrogens is 176 g/mol. The van der Waals surface area contributed by atoms with Crippen LogP contribution in [0.5, 0.6) is 0 Å². The Morgan fingerprint density at radius 3 is 1.29 bits per heavy atom. The molecule has 2 nitrogen and oxygen atoms in total. The van der Waals surface area contributed by atoms with E-state index in [1.807, 2.05) is 55.4 Å². The van der Waals surface area contributed by atoms with Gasteiger partial charge in [0.25, 0.3) is 0 Å². The van der Waals surface area contributed by atoms with E-state index in [-0.39, 0.29) is 23.7 Å². The van der Waals surface area contributed by atoms with Crippen molar-refractivity contribution in [3.63, 3.8) is 0 Å². The Labute approximate surface area is 89.7 Å². The first-order chi connectivity index (χ1) is 6.40. The lowest BCUT2D eigenvalue weighted by Gasteiger charge is -2.56. The fraction of sp³-hybridized carbons (Fsp3) is 1.00. The third kappa shape index (κ3) is 3.58. The van der Waals surface area contributed by atoms with Crippen molar-refractivity contribution in [2.24, 2.45) is 5.92 Å². The van der Waals surface area contributed by atoms with Gasteiger partial charge in [-0.1, -0.05) is 27.7 Å². The van der Waals surface area contributed by atoms with Crippen LogP contribution in [0.4, 0.5) is 0 Å². The normalized spacial score (nSPS) is 22.1. The molecule has 1 heterocycles. The van der Waals surface area contributed by atoms with E-state index in [0.717, 1.165) is 0 Å². The Morgan fingerprint density at radius 2 is 1.21 bits per heavy atom. The molecule has 0 aromatic heterocycles. The summed E-state index contributed by atoms with van der Waals surface area (Å²) in [5.74, 6) is 0.278. The zero-order valence-electron chi connectivity index (χ0n) is 11.1. The lowest BCUT2D eigenvalue weighted by Crippen LogP contribution is -2.64. The van der Waals surface area contributed by atoms with Gasteiger partial charge in [0, 0.05) is 5.92 Å². The average Bonchev–Trinajstić information content (AvgIpc) is 2.08. The molecule has 2 heteroatoms. The van der Waals surface area contributed by atoms with Gasteiger partial charge in [-0.2, -0.15) is 0 Å². The standard InChI is InChI=1S/C8H16O2.2C2H6/c1-7(2)6(5-9)8(3,4)10-7;2*1-2/h6,9H,5H2,1-4H3;2*1-2H3. The minimum Gasteiger partial charge on any atom is -0.396 e. The summed E-state index contributed by atoms with van der Waals surface area (Å²) in [4.78, 5) is 0. The molecule has 0 atom stereocenters. The maximum atomic E-state index is 8.98. The first-order valence-corrected chi connectivity index (χ1v) is 5.71. The quantitative estimate of drug-likeness (QED) is 0.710. The van der Waals surface area contributed by atoms with E-state index in [1.165, 1.54) is 0 Å². The second-order valence-corrected chi connectivity index (χ2v) is 4.04. The molecule has 1 saturated heterocycles. The molecule has 1 aliphatic rings. The zero-order chi connectivity index (χ0) is 12.0. The SMILES string of the molecule is CC.CC.CC1(C)OC(C)(C)C1CO. The molecule has 0 spiro atoms. The van der Waals surface area contributed by atoms with Crippen molar-refractivity contribution in [1.29, 1.82) is 0 Å². The fourth-order valence-electron chi connectivity index (χ4n) is 2.04. The number of hydrogen-bond acceptors (Lipinski definition) is 2. The number of ether oxygens (including phenoxy) is 1. The molecule has 1 rings (SSSR count). The maximum absolute atomic E-state index is 8.98. The van der Waals surface area contributed by atoms with Crippen LogP contribution in [0.25, 0.3) is 0 Å². The van der Waals surface area contributed by atoms with Gasteiger partial charge >= 0.3 is 0 Å². The highest BCUT2D eigenvalue weighted by molar-refractivity contribution is 5.01. The largest absolute Gasteiger partial charge is 0.396 e. The highest BCUT2D eigenvalue weighted by Gasteiger charge is 2.53. The highest BCUT2D eigenvalue weighted by Crippen LogP contribution is 2.45. The summed E-state index contributed by atoms with van der Waals surface area (Å²) in [6.45, 7) is 16.3. The molecule has 88 valence electrons. The van der Waals surface area contributed by atoms with Crippen LogP contribution >= 0.6 is 0 Å². The van der Waals surface area contributed by atoms with Crippen molar-refractivity contribution in [3.05, 3.63) is 0 Å². The van der Waals surface area contributed by atoms with Gasteiger partial charge in [0.1, 0.15) is 0 Å². The van der Waals surface area contributed by atoms with Gasteiger partial charge in [0.15, 0.2) is 0 Å². The first kappa shape index (κ1) is 16.4. The molecule has 0 unspecified atom stereocenters. The van der Waals surface area contributed by atoms with Crippen molar-refractivity contribution in [1.82, 2.24) is 0 Å². The van der Waals surface area contributed by atoms with E-state index in [0.29, 0.717) is 0 Å². The Hall–Kier alpha value is -0.0800. The van der Waals surface area contributed by atoms with Crippen LogP contribution in [-0.2, 0) is 4.74 Å². The molecule has 1 aliphatic heterocycles. The summed E-state index contributed by atoms with van der Waals surface area (Å²) >= 11 is 0. The van der Waals surface area contributed by atoms with E-state index >= 15 is 0 Å². The second kappa shape index (κ2) is 6.41. The monoisotopic (exact) mass is 204 g/mol. The summed E-state index contributed by atoms with van der Waals surface area (Å²) in [5.41, 5.74) is -0.253. The van der Waals surface area contributed by atoms with Gasteiger partial charge in [-0.05, 0) is 27.7 Å². The predicted octanol–water partition coefficient (Wildman–Crippen LogP) is 3.23. The number of aliphatic hydroxyl groups excluding tert-OH is 1. The molecule has 0 aliphatic carbocycles. The average molecular weight is 204 g/mol. The maximum Gasteiger partial charge on any atom is 0.0711 e. The van der Waals surface area contributed by atoms with Crippen LogP contribution < -0.4 is 0 Å². The number of aliphatic hydroxyl groups is 1. The van der Waals surface area contributed by atoms with Gasteiger partial charge in [-0.15, -0.1) is 0 Å². The summed E-state index contributed by atoms with van der Waals surface area (Å²) in [6, 6.07) is 0. The third-order valence-corrected chi connectivity index (χ3v) is 2.39. The Morgan fingerprint density at radius 1 is 0.929 bits per heavy atom. The van der Waals surface area contributed by atoms with Gasteiger partial charge in [-0.3, -0.25) is 0 Å². The molecule has 0 aromatic carbocycles. The summed E-state index contributed by atoms with van der Waals surface area (Å²) in [6.07, 6.45) is 0. The molecule has 0 radical (unpaired) electrons. The highest BCUT2D eigenvalue weighted by atomic mass is 16.6. The Balaban J connectivity index is 0. The van der Waals surface area contributed by atoms with Crippen LogP contribution in [0.3, 0.4) is 0 Å². The van der Waals surface area contributed by atoms with Crippen LogP contribution in [0.15, 0.2) is 0 Å². The van der Waals surface area contributed by atoms with Gasteiger partial charge in [0.05, 0.1) is 17.8 Å². The van der Waals surface area contributed by atoms with Crippen LogP contribution in [0, 0.1) is 5.92 Å². The minimum atomic E-state index is -0.127. The number of rotatable bonds is 1. The van der Waals surface area contributed by atoms with E-state index in [1.54, 1.807) is 0 Å². The van der Waals surface area contributed by atoms with Gasteiger partial charge < -0.3 is 9.84 Å². The van der Waals surface area contributed by atoms with Gasteiger partial charge in [-0.25, -0.2) is 0 Å². The molecule has 0 aromatic rings. The summed E-state index contributed by atoms with van der Waals surface area (Å²) in [5, 5.41) is 8.98. The van der Waals surface area contributed by atoms with Crippen LogP contribution in [-0.4, -0.2) is 22.9 Å². The zero-order valence-corrected chi connectivity index (χ0v) is 11.1. The van der Waals surface area contributed by atoms with Crippen molar-refractivity contribution in [2.45, 2.75) is 66.6 Å². The predicted molar refractivity (Wildman–Crippen MR) is 62.5 cm³/mol. The van der Waals surface area contributed by atoms with Crippen molar-refractivity contribution < 1.29 is 9.84 Å². The Bertz CT molecular complexity index is 125. The molecule has 0 bridgehead atoms. The molecule has 1 N–H and O–H groups in total. The molecule has 0 amide bonds. The van der Waals surface area contributed by atoms with E-state index in [9.17, 15) is 0 Å². The van der Waals surface area contributed by atoms with Crippen molar-refractivity contribution in [3.8, 4) is 0 Å². The molecule has 0 saturated carbocycles. The van der Waals surface area contributed by atoms with Crippen molar-refractivity contribution in [2.75, 3.05) is 6.61 Å². The summed E-state index contributed by atoms with van der Waals surface area (Å²) < 4.78 is 5.56. The Kier molecular flexibility index (Phi) is 7.49. The number of hydrogen-bond donors (Lipinski definition) is 1. The lowest BCUT2D eigenvalue weighted by atomic mass is 9.72. The molecular formula is C12H28O2. The van der Waals surface area contributed by atoms with Crippen LogP contribution in [0.1, 0.15) is 55.4 Å². The summed E-state index contributed by atoms with van der Waals surface area (Å²) in [7, 11) is 0. The molecule has 14 heavy (non-hydrogen) atoms. The van der Waals surface area contributed by atoms with Crippen LogP contribution in [0.2, 0.25) is 0 Å². The van der Waals surface area contributed by atoms with E-state index in [4.69, 9.17) is 9.84 Å². The first-order valence-electron chi connectivity index (χ1n) is 5.71. The third-order valence-electron chi connectivity index (χ3n) is 2.39. The fourth-order valence-corrected chi connectivity index (χ4v) is 2.04. The van der Waals surface area contributed by atoms with E-state index in [2.05, 4.69) is 0 Å². The topological polar surface area (TPSA) is 29.5 Å². The molecule has 1 fully saturated rings. The lowest BCUT2D eigenvalue weighted by molar-refractivity contribution is -0.301. The minimum absolute atomic E-state index is 0.127. The van der Waals surface area contributed by atoms with Crippen molar-refractivity contribution >= 4 is 0 Å². The second-order valence-electron chi connectivity index (χ2n) is 4.04. The van der Waals surface area contributed by atoms with Gasteiger partial charge in [0.2, 0.25) is 0 Å². The smallest absolute Gasteiger partial charge is 0.0711 e. The van der Waals surface area contributed by atoms with E-state index < -0.39 is 0 Å².